The van der Waals surface area contributed by atoms with E-state index >= 15 is 0 Å². The van der Waals surface area contributed by atoms with Crippen molar-refractivity contribution in [2.75, 3.05) is 31.2 Å². The molecule has 0 radical (unpaired) electrons. The molecule has 10 nitrogen and oxygen atoms in total. The molecule has 3 aromatic heterocycles. The minimum Gasteiger partial charge on any atom is -0.377 e. The maximum absolute atomic E-state index is 13.0. The number of ether oxygens (including phenoxy) is 1. The molecule has 0 aromatic carbocycles. The van der Waals surface area contributed by atoms with Crippen molar-refractivity contribution in [3.8, 4) is 5.82 Å². The molecule has 11 heteroatoms. The van der Waals surface area contributed by atoms with Gasteiger partial charge in [-0.15, -0.1) is 0 Å². The van der Waals surface area contributed by atoms with E-state index in [1.165, 1.54) is 0 Å². The second-order valence-corrected chi connectivity index (χ2v) is 10.8. The van der Waals surface area contributed by atoms with E-state index in [1.54, 1.807) is 15.2 Å². The Labute approximate surface area is 180 Å². The Kier molecular flexibility index (Phi) is 4.34. The summed E-state index contributed by atoms with van der Waals surface area (Å²) in [5.41, 5.74) is 2.57. The second-order valence-electron chi connectivity index (χ2n) is 8.58. The van der Waals surface area contributed by atoms with Gasteiger partial charge in [-0.3, -0.25) is 5.10 Å². The molecular weight excluding hydrogens is 418 g/mol. The highest BCUT2D eigenvalue weighted by Crippen LogP contribution is 2.36. The number of sulfonamides is 1. The third-order valence-electron chi connectivity index (χ3n) is 6.40. The number of H-pyrrole nitrogens is 1. The summed E-state index contributed by atoms with van der Waals surface area (Å²) < 4.78 is 35.1. The van der Waals surface area contributed by atoms with Crippen LogP contribution in [0.4, 0.5) is 5.82 Å². The van der Waals surface area contributed by atoms with Crippen LogP contribution < -0.4 is 4.90 Å². The first-order chi connectivity index (χ1) is 15.0. The van der Waals surface area contributed by atoms with Crippen LogP contribution in [-0.2, 0) is 27.7 Å². The predicted octanol–water partition coefficient (Wildman–Crippen LogP) is 1.22. The molecule has 0 unspecified atom stereocenters. The van der Waals surface area contributed by atoms with E-state index in [4.69, 9.17) is 14.8 Å². The van der Waals surface area contributed by atoms with E-state index in [0.717, 1.165) is 53.3 Å². The number of aromatic nitrogens is 5. The van der Waals surface area contributed by atoms with Gasteiger partial charge < -0.3 is 9.64 Å². The number of anilines is 1. The number of rotatable bonds is 4. The summed E-state index contributed by atoms with van der Waals surface area (Å²) >= 11 is 0. The van der Waals surface area contributed by atoms with Gasteiger partial charge in [-0.2, -0.15) is 19.2 Å². The summed E-state index contributed by atoms with van der Waals surface area (Å²) in [5.74, 6) is 1.57. The Hall–Kier alpha value is -2.50. The zero-order chi connectivity index (χ0) is 21.2. The third kappa shape index (κ3) is 3.14. The van der Waals surface area contributed by atoms with Crippen molar-refractivity contribution in [3.05, 3.63) is 29.6 Å². The fraction of sp³-hybridized carbons (Fsp3) is 0.550. The van der Waals surface area contributed by atoms with Crippen molar-refractivity contribution in [1.29, 1.82) is 0 Å². The number of nitrogens with zero attached hydrogens (tertiary/aromatic N) is 6. The summed E-state index contributed by atoms with van der Waals surface area (Å²) in [6.45, 7) is 4.94. The van der Waals surface area contributed by atoms with Crippen LogP contribution >= 0.6 is 0 Å². The number of nitrogens with one attached hydrogen (secondary N) is 1. The Morgan fingerprint density at radius 3 is 2.87 bits per heavy atom. The molecule has 6 rings (SSSR count). The number of aromatic amines is 1. The third-order valence-corrected chi connectivity index (χ3v) is 8.75. The normalized spacial score (nSPS) is 22.7. The molecular formula is C20H25N7O3S. The summed E-state index contributed by atoms with van der Waals surface area (Å²) in [5, 5.41) is 12.6. The number of hydrogen-bond acceptors (Lipinski definition) is 7. The molecule has 0 spiro atoms. The highest BCUT2D eigenvalue weighted by molar-refractivity contribution is 7.90. The molecule has 2 fully saturated rings. The van der Waals surface area contributed by atoms with Gasteiger partial charge >= 0.3 is 0 Å². The first-order valence-electron chi connectivity index (χ1n) is 10.8. The Morgan fingerprint density at radius 2 is 2.13 bits per heavy atom. The van der Waals surface area contributed by atoms with Gasteiger partial charge in [0.25, 0.3) is 0 Å². The topological polar surface area (TPSA) is 109 Å². The van der Waals surface area contributed by atoms with Crippen LogP contribution in [0.5, 0.6) is 0 Å². The van der Waals surface area contributed by atoms with Crippen molar-refractivity contribution >= 4 is 26.9 Å². The largest absolute Gasteiger partial charge is 0.377 e. The van der Waals surface area contributed by atoms with Crippen LogP contribution in [0, 0.1) is 0 Å². The fourth-order valence-corrected chi connectivity index (χ4v) is 6.41. The summed E-state index contributed by atoms with van der Waals surface area (Å²) in [6.07, 6.45) is 3.77. The summed E-state index contributed by atoms with van der Waals surface area (Å²) in [4.78, 5) is 7.23. The number of morpholine rings is 1. The molecule has 3 aliphatic rings. The SMILES string of the molecule is C[C@@H]1COCCN1c1cc2c3c(nn(-c4ccn[nH]4)c3n1)CCN(S(=O)(=O)C1CC1)C2. The number of pyridine rings is 1. The van der Waals surface area contributed by atoms with Crippen molar-refractivity contribution < 1.29 is 13.2 Å². The van der Waals surface area contributed by atoms with Gasteiger partial charge in [-0.25, -0.2) is 13.4 Å². The molecule has 1 saturated carbocycles. The molecule has 0 bridgehead atoms. The molecule has 5 heterocycles. The van der Waals surface area contributed by atoms with Gasteiger partial charge in [0.1, 0.15) is 5.82 Å². The van der Waals surface area contributed by atoms with Gasteiger partial charge in [0.05, 0.1) is 36.4 Å². The van der Waals surface area contributed by atoms with E-state index in [9.17, 15) is 8.42 Å². The van der Waals surface area contributed by atoms with E-state index in [0.29, 0.717) is 32.7 Å². The molecule has 2 aliphatic heterocycles. The molecule has 31 heavy (non-hydrogen) atoms. The van der Waals surface area contributed by atoms with Crippen LogP contribution in [0.3, 0.4) is 0 Å². The van der Waals surface area contributed by atoms with E-state index in [-0.39, 0.29) is 11.3 Å². The lowest BCUT2D eigenvalue weighted by Crippen LogP contribution is -2.44. The molecule has 3 aromatic rings. The zero-order valence-electron chi connectivity index (χ0n) is 17.4. The van der Waals surface area contributed by atoms with Crippen molar-refractivity contribution in [1.82, 2.24) is 29.3 Å². The highest BCUT2D eigenvalue weighted by Gasteiger charge is 2.41. The van der Waals surface area contributed by atoms with Crippen LogP contribution in [0.1, 0.15) is 31.0 Å². The predicted molar refractivity (Wildman–Crippen MR) is 115 cm³/mol. The van der Waals surface area contributed by atoms with Crippen molar-refractivity contribution in [2.45, 2.75) is 44.0 Å². The minimum absolute atomic E-state index is 0.186. The molecule has 1 N–H and O–H groups in total. The van der Waals surface area contributed by atoms with Gasteiger partial charge in [-0.1, -0.05) is 0 Å². The van der Waals surface area contributed by atoms with Gasteiger partial charge in [-0.05, 0) is 31.4 Å². The molecule has 1 atom stereocenters. The van der Waals surface area contributed by atoms with Gasteiger partial charge in [0, 0.05) is 37.5 Å². The Bertz CT molecular complexity index is 1230. The van der Waals surface area contributed by atoms with E-state index in [2.05, 4.69) is 22.0 Å². The maximum atomic E-state index is 13.0. The lowest BCUT2D eigenvalue weighted by Gasteiger charge is -2.34. The van der Waals surface area contributed by atoms with Crippen molar-refractivity contribution in [2.24, 2.45) is 0 Å². The van der Waals surface area contributed by atoms with Gasteiger partial charge in [0.15, 0.2) is 11.5 Å². The van der Waals surface area contributed by atoms with Crippen LogP contribution in [0.2, 0.25) is 0 Å². The maximum Gasteiger partial charge on any atom is 0.217 e. The average molecular weight is 444 g/mol. The van der Waals surface area contributed by atoms with E-state index < -0.39 is 10.0 Å². The lowest BCUT2D eigenvalue weighted by atomic mass is 10.1. The van der Waals surface area contributed by atoms with Gasteiger partial charge in [0.2, 0.25) is 10.0 Å². The van der Waals surface area contributed by atoms with E-state index in [1.807, 2.05) is 12.1 Å². The number of hydrogen-bond donors (Lipinski definition) is 1. The lowest BCUT2D eigenvalue weighted by molar-refractivity contribution is 0.0985. The zero-order valence-corrected chi connectivity index (χ0v) is 18.2. The first kappa shape index (κ1) is 19.2. The van der Waals surface area contributed by atoms with Crippen LogP contribution in [0.25, 0.3) is 16.9 Å². The molecule has 1 saturated heterocycles. The molecule has 0 amide bonds. The van der Waals surface area contributed by atoms with Crippen LogP contribution in [-0.4, -0.2) is 75.3 Å². The highest BCUT2D eigenvalue weighted by atomic mass is 32.2. The summed E-state index contributed by atoms with van der Waals surface area (Å²) in [6, 6.07) is 4.09. The quantitative estimate of drug-likeness (QED) is 0.646. The first-order valence-corrected chi connectivity index (χ1v) is 12.3. The Morgan fingerprint density at radius 1 is 1.26 bits per heavy atom. The van der Waals surface area contributed by atoms with Crippen LogP contribution in [0.15, 0.2) is 18.3 Å². The smallest absolute Gasteiger partial charge is 0.217 e. The monoisotopic (exact) mass is 443 g/mol. The second kappa shape index (κ2) is 7.01. The standard InChI is InChI=1S/C20H25N7O3S/c1-13-12-30-9-8-26(13)18-10-14-11-25(31(28,29)15-2-3-15)7-5-16-19(14)20(22-18)27(24-16)17-4-6-21-23-17/h4,6,10,13,15H,2-3,5,7-9,11-12H2,1H3,(H,21,23)/t13-/m1/s1. The average Bonchev–Trinajstić information content (AvgIpc) is 3.42. The fourth-order valence-electron chi connectivity index (χ4n) is 4.60. The Balaban J connectivity index is 1.52. The molecule has 164 valence electrons. The summed E-state index contributed by atoms with van der Waals surface area (Å²) in [7, 11) is -3.28. The van der Waals surface area contributed by atoms with Crippen molar-refractivity contribution in [3.63, 3.8) is 0 Å². The molecule has 1 aliphatic carbocycles. The minimum atomic E-state index is -3.28.